The van der Waals surface area contributed by atoms with Gasteiger partial charge >= 0.3 is 5.97 Å². The van der Waals surface area contributed by atoms with Gasteiger partial charge in [-0.3, -0.25) is 0 Å². The fraction of sp³-hybridized carbons (Fsp3) is 0.300. The fourth-order valence-electron chi connectivity index (χ4n) is 1.39. The predicted molar refractivity (Wildman–Crippen MR) is 55.7 cm³/mol. The van der Waals surface area contributed by atoms with E-state index in [4.69, 9.17) is 10.8 Å². The molecule has 0 unspecified atom stereocenters. The maximum absolute atomic E-state index is 10.7. The molecule has 1 fully saturated rings. The average molecular weight is 214 g/mol. The Labute approximate surface area is 88.3 Å². The van der Waals surface area contributed by atoms with Crippen LogP contribution in [0.3, 0.4) is 0 Å². The van der Waals surface area contributed by atoms with Crippen molar-refractivity contribution in [2.75, 3.05) is 0 Å². The zero-order valence-corrected chi connectivity index (χ0v) is 8.38. The van der Waals surface area contributed by atoms with Crippen LogP contribution in [-0.4, -0.2) is 11.1 Å². The molecule has 14 heavy (non-hydrogen) atoms. The first kappa shape index (κ1) is 11.0. The van der Waals surface area contributed by atoms with Crippen molar-refractivity contribution in [3.8, 4) is 0 Å². The lowest BCUT2D eigenvalue weighted by molar-refractivity contribution is 0.0697. The number of carbonyl (C=O) groups is 1. The molecule has 3 N–H and O–H groups in total. The lowest BCUT2D eigenvalue weighted by Crippen LogP contribution is -2.19. The summed E-state index contributed by atoms with van der Waals surface area (Å²) in [5, 5.41) is 8.75. The number of halogens is 1. The Morgan fingerprint density at radius 2 is 2.07 bits per heavy atom. The Bertz CT molecular complexity index is 361. The standard InChI is InChI=1S/C10H11NO2.ClH/c11-10(4-5-10)8-3-1-2-7(6-8)9(12)13;/h1-3,6H,4-5,11H2,(H,12,13);1H. The average Bonchev–Trinajstić information content (AvgIpc) is 2.85. The fourth-order valence-corrected chi connectivity index (χ4v) is 1.39. The Kier molecular flexibility index (Phi) is 2.83. The molecule has 76 valence electrons. The summed E-state index contributed by atoms with van der Waals surface area (Å²) in [5.74, 6) is -0.897. The van der Waals surface area contributed by atoms with Crippen molar-refractivity contribution in [1.82, 2.24) is 0 Å². The molecule has 0 atom stereocenters. The van der Waals surface area contributed by atoms with E-state index >= 15 is 0 Å². The number of carboxylic acid groups (broad SMARTS) is 1. The Hall–Kier alpha value is -1.06. The van der Waals surface area contributed by atoms with Crippen LogP contribution in [0.2, 0.25) is 0 Å². The zero-order chi connectivity index (χ0) is 9.47. The highest BCUT2D eigenvalue weighted by atomic mass is 35.5. The second-order valence-electron chi connectivity index (χ2n) is 3.54. The van der Waals surface area contributed by atoms with Gasteiger partial charge in [0, 0.05) is 5.54 Å². The lowest BCUT2D eigenvalue weighted by Gasteiger charge is -2.08. The van der Waals surface area contributed by atoms with Crippen LogP contribution in [0.4, 0.5) is 0 Å². The van der Waals surface area contributed by atoms with Gasteiger partial charge in [0.25, 0.3) is 0 Å². The molecular weight excluding hydrogens is 202 g/mol. The number of carboxylic acids is 1. The van der Waals surface area contributed by atoms with Crippen LogP contribution < -0.4 is 5.73 Å². The maximum atomic E-state index is 10.7. The van der Waals surface area contributed by atoms with E-state index < -0.39 is 5.97 Å². The molecule has 2 rings (SSSR count). The van der Waals surface area contributed by atoms with Gasteiger partial charge in [0.2, 0.25) is 0 Å². The van der Waals surface area contributed by atoms with Crippen molar-refractivity contribution in [3.63, 3.8) is 0 Å². The Morgan fingerprint density at radius 1 is 1.43 bits per heavy atom. The van der Waals surface area contributed by atoms with Gasteiger partial charge in [-0.25, -0.2) is 4.79 Å². The van der Waals surface area contributed by atoms with Gasteiger partial charge in [0.05, 0.1) is 5.56 Å². The predicted octanol–water partition coefficient (Wildman–Crippen LogP) is 1.75. The summed E-state index contributed by atoms with van der Waals surface area (Å²) in [5.41, 5.74) is 6.95. The molecule has 0 spiro atoms. The van der Waals surface area contributed by atoms with Crippen molar-refractivity contribution in [2.45, 2.75) is 18.4 Å². The zero-order valence-electron chi connectivity index (χ0n) is 7.56. The molecule has 1 aromatic rings. The molecule has 0 bridgehead atoms. The molecule has 1 aliphatic carbocycles. The number of hydrogen-bond acceptors (Lipinski definition) is 2. The van der Waals surface area contributed by atoms with Gasteiger partial charge in [0.15, 0.2) is 0 Å². The smallest absolute Gasteiger partial charge is 0.335 e. The molecule has 0 saturated heterocycles. The minimum Gasteiger partial charge on any atom is -0.478 e. The number of aromatic carboxylic acids is 1. The summed E-state index contributed by atoms with van der Waals surface area (Å²) in [6.45, 7) is 0. The molecular formula is C10H12ClNO2. The van der Waals surface area contributed by atoms with Crippen molar-refractivity contribution in [2.24, 2.45) is 5.73 Å². The van der Waals surface area contributed by atoms with E-state index in [1.807, 2.05) is 6.07 Å². The van der Waals surface area contributed by atoms with Gasteiger partial charge in [0.1, 0.15) is 0 Å². The van der Waals surface area contributed by atoms with E-state index in [0.29, 0.717) is 5.56 Å². The number of benzene rings is 1. The second-order valence-corrected chi connectivity index (χ2v) is 3.54. The van der Waals surface area contributed by atoms with E-state index in [9.17, 15) is 4.79 Å². The topological polar surface area (TPSA) is 63.3 Å². The third-order valence-electron chi connectivity index (χ3n) is 2.47. The third-order valence-corrected chi connectivity index (χ3v) is 2.47. The summed E-state index contributed by atoms with van der Waals surface area (Å²) in [6.07, 6.45) is 1.91. The van der Waals surface area contributed by atoms with Gasteiger partial charge in [-0.1, -0.05) is 12.1 Å². The first-order valence-electron chi connectivity index (χ1n) is 4.24. The van der Waals surface area contributed by atoms with E-state index in [0.717, 1.165) is 18.4 Å². The summed E-state index contributed by atoms with van der Waals surface area (Å²) in [7, 11) is 0. The molecule has 0 radical (unpaired) electrons. The monoisotopic (exact) mass is 213 g/mol. The highest BCUT2D eigenvalue weighted by Gasteiger charge is 2.40. The molecule has 1 aliphatic rings. The van der Waals surface area contributed by atoms with E-state index in [-0.39, 0.29) is 17.9 Å². The first-order chi connectivity index (χ1) is 6.12. The Balaban J connectivity index is 0.000000980. The van der Waals surface area contributed by atoms with E-state index in [2.05, 4.69) is 0 Å². The van der Waals surface area contributed by atoms with Crippen LogP contribution in [0.15, 0.2) is 24.3 Å². The SMILES string of the molecule is Cl.NC1(c2cccc(C(=O)O)c2)CC1. The molecule has 1 saturated carbocycles. The molecule has 1 aromatic carbocycles. The lowest BCUT2D eigenvalue weighted by atomic mass is 10.0. The minimum atomic E-state index is -0.897. The molecule has 0 aliphatic heterocycles. The molecule has 4 heteroatoms. The Morgan fingerprint density at radius 3 is 2.57 bits per heavy atom. The van der Waals surface area contributed by atoms with Crippen molar-refractivity contribution < 1.29 is 9.90 Å². The van der Waals surface area contributed by atoms with Gasteiger partial charge in [-0.05, 0) is 30.5 Å². The van der Waals surface area contributed by atoms with Gasteiger partial charge < -0.3 is 10.8 Å². The van der Waals surface area contributed by atoms with Crippen molar-refractivity contribution in [1.29, 1.82) is 0 Å². The van der Waals surface area contributed by atoms with Gasteiger partial charge in [-0.2, -0.15) is 0 Å². The summed E-state index contributed by atoms with van der Waals surface area (Å²) < 4.78 is 0. The van der Waals surface area contributed by atoms with Crippen molar-refractivity contribution in [3.05, 3.63) is 35.4 Å². The highest BCUT2D eigenvalue weighted by Crippen LogP contribution is 2.42. The summed E-state index contributed by atoms with van der Waals surface area (Å²) in [4.78, 5) is 10.7. The van der Waals surface area contributed by atoms with E-state index in [1.54, 1.807) is 18.2 Å². The molecule has 0 aromatic heterocycles. The maximum Gasteiger partial charge on any atom is 0.335 e. The molecule has 0 amide bonds. The van der Waals surface area contributed by atoms with Crippen LogP contribution in [0.1, 0.15) is 28.8 Å². The second kappa shape index (κ2) is 3.59. The van der Waals surface area contributed by atoms with Crippen LogP contribution in [0.5, 0.6) is 0 Å². The van der Waals surface area contributed by atoms with Crippen LogP contribution in [0, 0.1) is 0 Å². The van der Waals surface area contributed by atoms with Crippen LogP contribution in [-0.2, 0) is 5.54 Å². The van der Waals surface area contributed by atoms with Gasteiger partial charge in [-0.15, -0.1) is 12.4 Å². The quantitative estimate of drug-likeness (QED) is 0.787. The van der Waals surface area contributed by atoms with Crippen LogP contribution >= 0.6 is 12.4 Å². The largest absolute Gasteiger partial charge is 0.478 e. The minimum absolute atomic E-state index is 0. The van der Waals surface area contributed by atoms with E-state index in [1.165, 1.54) is 0 Å². The summed E-state index contributed by atoms with van der Waals surface area (Å²) in [6, 6.07) is 6.87. The highest BCUT2D eigenvalue weighted by molar-refractivity contribution is 5.87. The number of rotatable bonds is 2. The molecule has 3 nitrogen and oxygen atoms in total. The number of hydrogen-bond donors (Lipinski definition) is 2. The van der Waals surface area contributed by atoms with Crippen molar-refractivity contribution >= 4 is 18.4 Å². The van der Waals surface area contributed by atoms with Crippen LogP contribution in [0.25, 0.3) is 0 Å². The molecule has 0 heterocycles. The number of nitrogens with two attached hydrogens (primary N) is 1. The third kappa shape index (κ3) is 1.89. The normalized spacial score (nSPS) is 16.9. The first-order valence-corrected chi connectivity index (χ1v) is 4.24. The summed E-state index contributed by atoms with van der Waals surface area (Å²) >= 11 is 0.